The molecule has 0 aliphatic heterocycles. The number of rotatable bonds is 6. The van der Waals surface area contributed by atoms with Gasteiger partial charge >= 0.3 is 0 Å². The number of aromatic nitrogens is 3. The molecule has 0 radical (unpaired) electrons. The molecule has 1 aromatic heterocycles. The van der Waals surface area contributed by atoms with Crippen molar-refractivity contribution in [1.29, 1.82) is 0 Å². The summed E-state index contributed by atoms with van der Waals surface area (Å²) in [7, 11) is 1.83. The molecule has 0 saturated heterocycles. The van der Waals surface area contributed by atoms with E-state index >= 15 is 0 Å². The van der Waals surface area contributed by atoms with Crippen LogP contribution >= 0.6 is 23.2 Å². The maximum absolute atomic E-state index is 10.1. The maximum Gasteiger partial charge on any atom is 0.151 e. The predicted octanol–water partition coefficient (Wildman–Crippen LogP) is 1.99. The van der Waals surface area contributed by atoms with Crippen molar-refractivity contribution < 1.29 is 5.11 Å². The van der Waals surface area contributed by atoms with Crippen LogP contribution in [0.1, 0.15) is 17.5 Å². The highest BCUT2D eigenvalue weighted by Gasteiger charge is 2.11. The fourth-order valence-electron chi connectivity index (χ4n) is 1.82. The average Bonchev–Trinajstić information content (AvgIpc) is 2.83. The fourth-order valence-corrected chi connectivity index (χ4v) is 2.24. The molecule has 0 aliphatic rings. The van der Waals surface area contributed by atoms with Crippen LogP contribution < -0.4 is 5.32 Å². The summed E-state index contributed by atoms with van der Waals surface area (Å²) in [6.45, 7) is 1.08. The van der Waals surface area contributed by atoms with Crippen LogP contribution in [0.2, 0.25) is 10.0 Å². The first-order valence-corrected chi connectivity index (χ1v) is 7.00. The highest BCUT2D eigenvalue weighted by Crippen LogP contribution is 2.25. The van der Waals surface area contributed by atoms with Crippen LogP contribution in [0.25, 0.3) is 0 Å². The van der Waals surface area contributed by atoms with Crippen molar-refractivity contribution in [2.45, 2.75) is 12.5 Å². The lowest BCUT2D eigenvalue weighted by Gasteiger charge is -2.13. The second kappa shape index (κ2) is 7.04. The lowest BCUT2D eigenvalue weighted by atomic mass is 10.1. The summed E-state index contributed by atoms with van der Waals surface area (Å²) in [6, 6.07) is 5.05. The molecule has 20 heavy (non-hydrogen) atoms. The molecule has 0 amide bonds. The van der Waals surface area contributed by atoms with Crippen molar-refractivity contribution in [2.24, 2.45) is 7.05 Å². The average molecular weight is 315 g/mol. The van der Waals surface area contributed by atoms with E-state index in [1.165, 1.54) is 0 Å². The topological polar surface area (TPSA) is 63.0 Å². The Kier molecular flexibility index (Phi) is 5.37. The molecule has 0 fully saturated rings. The van der Waals surface area contributed by atoms with Crippen LogP contribution in [0.4, 0.5) is 0 Å². The number of aliphatic hydroxyl groups excluding tert-OH is 1. The van der Waals surface area contributed by atoms with E-state index in [-0.39, 0.29) is 0 Å². The maximum atomic E-state index is 10.1. The molecule has 108 valence electrons. The second-order valence-corrected chi connectivity index (χ2v) is 5.31. The molecule has 1 aromatic carbocycles. The quantitative estimate of drug-likeness (QED) is 0.800. The van der Waals surface area contributed by atoms with Gasteiger partial charge in [-0.2, -0.15) is 5.10 Å². The Morgan fingerprint density at radius 1 is 1.40 bits per heavy atom. The van der Waals surface area contributed by atoms with Crippen molar-refractivity contribution >= 4 is 23.2 Å². The Labute approximate surface area is 127 Å². The minimum Gasteiger partial charge on any atom is -0.387 e. The zero-order valence-electron chi connectivity index (χ0n) is 11.1. The van der Waals surface area contributed by atoms with Gasteiger partial charge in [0, 0.05) is 42.2 Å². The van der Waals surface area contributed by atoms with Crippen molar-refractivity contribution in [1.82, 2.24) is 20.1 Å². The molecule has 2 aromatic rings. The van der Waals surface area contributed by atoms with Crippen LogP contribution in [0.3, 0.4) is 0 Å². The number of nitrogens with zero attached hydrogens (tertiary/aromatic N) is 3. The van der Waals surface area contributed by atoms with Gasteiger partial charge in [0.25, 0.3) is 0 Å². The Morgan fingerprint density at radius 2 is 2.20 bits per heavy atom. The van der Waals surface area contributed by atoms with E-state index in [4.69, 9.17) is 23.2 Å². The lowest BCUT2D eigenvalue weighted by molar-refractivity contribution is 0.175. The van der Waals surface area contributed by atoms with E-state index in [0.717, 1.165) is 5.82 Å². The highest BCUT2D eigenvalue weighted by atomic mass is 35.5. The highest BCUT2D eigenvalue weighted by molar-refractivity contribution is 6.33. The minimum atomic E-state index is -0.696. The molecule has 5 nitrogen and oxygen atoms in total. The SMILES string of the molecule is Cn1cnc(CCNCC(O)c2cc(Cl)ccc2Cl)n1. The van der Waals surface area contributed by atoms with Gasteiger partial charge in [-0.3, -0.25) is 4.68 Å². The molecule has 1 heterocycles. The van der Waals surface area contributed by atoms with Gasteiger partial charge in [0.15, 0.2) is 5.82 Å². The minimum absolute atomic E-state index is 0.396. The number of hydrogen-bond acceptors (Lipinski definition) is 4. The molecule has 2 rings (SSSR count). The molecule has 0 aliphatic carbocycles. The van der Waals surface area contributed by atoms with E-state index in [1.807, 2.05) is 7.05 Å². The van der Waals surface area contributed by atoms with E-state index < -0.39 is 6.10 Å². The van der Waals surface area contributed by atoms with E-state index in [9.17, 15) is 5.11 Å². The van der Waals surface area contributed by atoms with Crippen LogP contribution in [0, 0.1) is 0 Å². The first kappa shape index (κ1) is 15.3. The summed E-state index contributed by atoms with van der Waals surface area (Å²) in [5.74, 6) is 0.773. The number of halogens is 2. The third kappa shape index (κ3) is 4.18. The van der Waals surface area contributed by atoms with Crippen LogP contribution in [-0.2, 0) is 13.5 Å². The summed E-state index contributed by atoms with van der Waals surface area (Å²) in [5, 5.41) is 18.5. The Morgan fingerprint density at radius 3 is 2.90 bits per heavy atom. The van der Waals surface area contributed by atoms with Crippen LogP contribution in [0.5, 0.6) is 0 Å². The second-order valence-electron chi connectivity index (χ2n) is 4.47. The van der Waals surface area contributed by atoms with Gasteiger partial charge < -0.3 is 10.4 Å². The number of benzene rings is 1. The summed E-state index contributed by atoms with van der Waals surface area (Å²) < 4.78 is 1.66. The monoisotopic (exact) mass is 314 g/mol. The largest absolute Gasteiger partial charge is 0.387 e. The Balaban J connectivity index is 1.80. The summed E-state index contributed by atoms with van der Waals surface area (Å²) in [5.41, 5.74) is 0.627. The summed E-state index contributed by atoms with van der Waals surface area (Å²) in [6.07, 6.45) is 1.67. The molecule has 0 bridgehead atoms. The third-order valence-electron chi connectivity index (χ3n) is 2.83. The molecule has 0 saturated carbocycles. The standard InChI is InChI=1S/C13H16Cl2N4O/c1-19-8-17-13(18-19)4-5-16-7-12(20)10-6-9(14)2-3-11(10)15/h2-3,6,8,12,16,20H,4-5,7H2,1H3. The molecule has 2 N–H and O–H groups in total. The van der Waals surface area contributed by atoms with Crippen molar-refractivity contribution in [3.8, 4) is 0 Å². The van der Waals surface area contributed by atoms with Crippen molar-refractivity contribution in [2.75, 3.05) is 13.1 Å². The number of aliphatic hydroxyl groups is 1. The zero-order chi connectivity index (χ0) is 14.5. The van der Waals surface area contributed by atoms with Gasteiger partial charge in [0.1, 0.15) is 6.33 Å². The fraction of sp³-hybridized carbons (Fsp3) is 0.385. The van der Waals surface area contributed by atoms with Gasteiger partial charge in [-0.05, 0) is 18.2 Å². The van der Waals surface area contributed by atoms with Gasteiger partial charge in [0.2, 0.25) is 0 Å². The third-order valence-corrected chi connectivity index (χ3v) is 3.41. The molecular weight excluding hydrogens is 299 g/mol. The molecule has 0 spiro atoms. The van der Waals surface area contributed by atoms with Crippen LogP contribution in [-0.4, -0.2) is 33.0 Å². The molecule has 1 unspecified atom stereocenters. The number of hydrogen-bond donors (Lipinski definition) is 2. The van der Waals surface area contributed by atoms with Crippen molar-refractivity contribution in [3.05, 3.63) is 46.0 Å². The van der Waals surface area contributed by atoms with Crippen LogP contribution in [0.15, 0.2) is 24.5 Å². The van der Waals surface area contributed by atoms with Gasteiger partial charge in [-0.25, -0.2) is 4.98 Å². The van der Waals surface area contributed by atoms with E-state index in [2.05, 4.69) is 15.4 Å². The summed E-state index contributed by atoms with van der Waals surface area (Å²) in [4.78, 5) is 4.13. The Bertz CT molecular complexity index is 573. The zero-order valence-corrected chi connectivity index (χ0v) is 12.6. The van der Waals surface area contributed by atoms with Crippen molar-refractivity contribution in [3.63, 3.8) is 0 Å². The Hall–Kier alpha value is -1.14. The molecule has 7 heteroatoms. The normalized spacial score (nSPS) is 12.6. The smallest absolute Gasteiger partial charge is 0.151 e. The lowest BCUT2D eigenvalue weighted by Crippen LogP contribution is -2.24. The van der Waals surface area contributed by atoms with Gasteiger partial charge in [0.05, 0.1) is 6.10 Å². The van der Waals surface area contributed by atoms with Gasteiger partial charge in [-0.15, -0.1) is 0 Å². The van der Waals surface area contributed by atoms with E-state index in [0.29, 0.717) is 35.1 Å². The number of aryl methyl sites for hydroxylation is 1. The molecule has 1 atom stereocenters. The first-order chi connectivity index (χ1) is 9.56. The predicted molar refractivity (Wildman–Crippen MR) is 79.0 cm³/mol. The van der Waals surface area contributed by atoms with Gasteiger partial charge in [-0.1, -0.05) is 23.2 Å². The van der Waals surface area contributed by atoms with E-state index in [1.54, 1.807) is 29.2 Å². The summed E-state index contributed by atoms with van der Waals surface area (Å²) >= 11 is 11.9. The number of nitrogens with one attached hydrogen (secondary N) is 1. The molecular formula is C13H16Cl2N4O. The first-order valence-electron chi connectivity index (χ1n) is 6.24.